The number of nitrogens with zero attached hydrogens (tertiary/aromatic N) is 6. The second-order valence-corrected chi connectivity index (χ2v) is 7.05. The summed E-state index contributed by atoms with van der Waals surface area (Å²) in [6.45, 7) is 1.69. The van der Waals surface area contributed by atoms with Crippen LogP contribution < -0.4 is 5.32 Å². The molecular weight excluding hydrogens is 338 g/mol. The van der Waals surface area contributed by atoms with Gasteiger partial charge in [-0.05, 0) is 41.5 Å². The van der Waals surface area contributed by atoms with Crippen molar-refractivity contribution in [1.29, 1.82) is 0 Å². The van der Waals surface area contributed by atoms with Gasteiger partial charge in [0, 0.05) is 19.1 Å². The highest BCUT2D eigenvalue weighted by Crippen LogP contribution is 2.36. The van der Waals surface area contributed by atoms with E-state index in [1.807, 2.05) is 4.90 Å². The lowest BCUT2D eigenvalue weighted by atomic mass is 9.79. The Kier molecular flexibility index (Phi) is 4.63. The molecule has 2 aromatic rings. The summed E-state index contributed by atoms with van der Waals surface area (Å²) in [6, 6.07) is 0.154. The fourth-order valence-corrected chi connectivity index (χ4v) is 4.02. The van der Waals surface area contributed by atoms with Crippen molar-refractivity contribution in [2.75, 3.05) is 13.1 Å². The van der Waals surface area contributed by atoms with Gasteiger partial charge in [0.25, 0.3) is 0 Å². The first-order valence-corrected chi connectivity index (χ1v) is 8.82. The van der Waals surface area contributed by atoms with E-state index in [2.05, 4.69) is 25.8 Å². The molecule has 2 aliphatic rings. The van der Waals surface area contributed by atoms with E-state index in [0.29, 0.717) is 17.6 Å². The lowest BCUT2D eigenvalue weighted by molar-refractivity contribution is -0.131. The van der Waals surface area contributed by atoms with Crippen LogP contribution in [-0.2, 0) is 22.6 Å². The van der Waals surface area contributed by atoms with Crippen molar-refractivity contribution in [3.05, 3.63) is 24.7 Å². The summed E-state index contributed by atoms with van der Waals surface area (Å²) in [5.41, 5.74) is 0. The molecular formula is C16H21N7O3. The highest BCUT2D eigenvalue weighted by molar-refractivity contribution is 5.78. The first kappa shape index (κ1) is 16.7. The topological polar surface area (TPSA) is 119 Å². The molecule has 1 aliphatic heterocycles. The predicted molar refractivity (Wildman–Crippen MR) is 87.4 cm³/mol. The number of rotatable bonds is 5. The first-order valence-electron chi connectivity index (χ1n) is 8.82. The Hall–Kier alpha value is -2.78. The molecule has 2 aromatic heterocycles. The van der Waals surface area contributed by atoms with Gasteiger partial charge in [0.15, 0.2) is 6.39 Å². The van der Waals surface area contributed by atoms with Gasteiger partial charge in [-0.15, -0.1) is 5.10 Å². The quantitative estimate of drug-likeness (QED) is 0.775. The van der Waals surface area contributed by atoms with Gasteiger partial charge in [0.2, 0.25) is 11.8 Å². The van der Waals surface area contributed by atoms with Crippen LogP contribution in [-0.4, -0.2) is 61.0 Å². The molecule has 2 fully saturated rings. The van der Waals surface area contributed by atoms with Crippen LogP contribution in [0.15, 0.2) is 23.3 Å². The number of nitrogens with one attached hydrogen (secondary N) is 1. The van der Waals surface area contributed by atoms with E-state index >= 15 is 0 Å². The number of tetrazole rings is 1. The predicted octanol–water partition coefficient (Wildman–Crippen LogP) is -0.353. The zero-order valence-corrected chi connectivity index (χ0v) is 14.3. The van der Waals surface area contributed by atoms with Crippen molar-refractivity contribution >= 4 is 11.8 Å². The molecule has 3 heterocycles. The molecule has 0 radical (unpaired) electrons. The number of carbonyl (C=O) groups is 2. The number of carbonyl (C=O) groups excluding carboxylic acids is 2. The smallest absolute Gasteiger partial charge is 0.244 e. The van der Waals surface area contributed by atoms with Crippen LogP contribution >= 0.6 is 0 Å². The van der Waals surface area contributed by atoms with E-state index in [1.54, 1.807) is 6.20 Å². The Morgan fingerprint density at radius 2 is 2.15 bits per heavy atom. The van der Waals surface area contributed by atoms with Crippen LogP contribution in [0.3, 0.4) is 0 Å². The molecule has 26 heavy (non-hydrogen) atoms. The molecule has 0 aromatic carbocycles. The average molecular weight is 359 g/mol. The van der Waals surface area contributed by atoms with Crippen molar-refractivity contribution in [3.8, 4) is 0 Å². The van der Waals surface area contributed by atoms with Gasteiger partial charge in [-0.2, -0.15) is 0 Å². The van der Waals surface area contributed by atoms with Gasteiger partial charge >= 0.3 is 0 Å². The zero-order chi connectivity index (χ0) is 17.9. The van der Waals surface area contributed by atoms with E-state index in [1.165, 1.54) is 17.4 Å². The largest absolute Gasteiger partial charge is 0.448 e. The molecule has 3 unspecified atom stereocenters. The zero-order valence-electron chi connectivity index (χ0n) is 14.3. The summed E-state index contributed by atoms with van der Waals surface area (Å²) in [7, 11) is 0. The maximum absolute atomic E-state index is 12.4. The Labute approximate surface area is 149 Å². The molecule has 10 nitrogen and oxygen atoms in total. The Morgan fingerprint density at radius 1 is 1.27 bits per heavy atom. The molecule has 0 spiro atoms. The lowest BCUT2D eigenvalue weighted by Crippen LogP contribution is -2.41. The molecule has 1 saturated heterocycles. The van der Waals surface area contributed by atoms with Crippen LogP contribution in [0, 0.1) is 11.8 Å². The number of hydrogen-bond acceptors (Lipinski definition) is 7. The number of fused-ring (bicyclic) bond motifs is 1. The van der Waals surface area contributed by atoms with E-state index in [4.69, 9.17) is 4.42 Å². The van der Waals surface area contributed by atoms with E-state index in [9.17, 15) is 9.59 Å². The third kappa shape index (κ3) is 3.73. The summed E-state index contributed by atoms with van der Waals surface area (Å²) in [5, 5.41) is 13.9. The lowest BCUT2D eigenvalue weighted by Gasteiger charge is -2.31. The van der Waals surface area contributed by atoms with Crippen molar-refractivity contribution in [3.63, 3.8) is 0 Å². The minimum atomic E-state index is -0.0465. The van der Waals surface area contributed by atoms with Gasteiger partial charge in [-0.1, -0.05) is 0 Å². The molecule has 1 saturated carbocycles. The van der Waals surface area contributed by atoms with Gasteiger partial charge < -0.3 is 14.6 Å². The third-order valence-electron chi connectivity index (χ3n) is 5.27. The highest BCUT2D eigenvalue weighted by atomic mass is 16.3. The molecule has 10 heteroatoms. The summed E-state index contributed by atoms with van der Waals surface area (Å²) >= 11 is 0. The fraction of sp³-hybridized carbons (Fsp3) is 0.625. The second-order valence-electron chi connectivity index (χ2n) is 7.05. The van der Waals surface area contributed by atoms with E-state index in [0.717, 1.165) is 32.4 Å². The SMILES string of the molecule is O=C(Cc1cnco1)NC1CCC2CN(C(=O)Cn3cnnn3)CC2C1. The standard InChI is InChI=1S/C16H21N7O3/c24-15(4-14-5-17-10-26-14)19-13-2-1-11-6-22(7-12(11)3-13)16(25)8-23-9-18-20-21-23/h5,9-13H,1-4,6-8H2,(H,19,24). The molecule has 3 atom stereocenters. The van der Waals surface area contributed by atoms with Crippen molar-refractivity contribution in [1.82, 2.24) is 35.4 Å². The van der Waals surface area contributed by atoms with Gasteiger partial charge in [0.1, 0.15) is 18.6 Å². The summed E-state index contributed by atoms with van der Waals surface area (Å²) in [6.07, 6.45) is 7.41. The normalized spacial score (nSPS) is 25.1. The molecule has 0 bridgehead atoms. The minimum absolute atomic E-state index is 0.0394. The average Bonchev–Trinajstić information content (AvgIpc) is 3.35. The second kappa shape index (κ2) is 7.22. The van der Waals surface area contributed by atoms with Crippen LogP contribution in [0.5, 0.6) is 0 Å². The maximum atomic E-state index is 12.4. The van der Waals surface area contributed by atoms with Crippen molar-refractivity contribution < 1.29 is 14.0 Å². The molecule has 138 valence electrons. The maximum Gasteiger partial charge on any atom is 0.244 e. The summed E-state index contributed by atoms with van der Waals surface area (Å²) in [5.74, 6) is 1.50. The van der Waals surface area contributed by atoms with Crippen LogP contribution in [0.25, 0.3) is 0 Å². The molecule has 1 N–H and O–H groups in total. The van der Waals surface area contributed by atoms with E-state index < -0.39 is 0 Å². The number of oxazole rings is 1. The molecule has 2 amide bonds. The summed E-state index contributed by atoms with van der Waals surface area (Å²) < 4.78 is 6.56. The summed E-state index contributed by atoms with van der Waals surface area (Å²) in [4.78, 5) is 30.3. The number of hydrogen-bond donors (Lipinski definition) is 1. The van der Waals surface area contributed by atoms with Crippen LogP contribution in [0.2, 0.25) is 0 Å². The fourth-order valence-electron chi connectivity index (χ4n) is 4.02. The minimum Gasteiger partial charge on any atom is -0.448 e. The van der Waals surface area contributed by atoms with E-state index in [-0.39, 0.29) is 30.8 Å². The van der Waals surface area contributed by atoms with Crippen LogP contribution in [0.1, 0.15) is 25.0 Å². The number of amides is 2. The van der Waals surface area contributed by atoms with Gasteiger partial charge in [-0.3, -0.25) is 9.59 Å². The monoisotopic (exact) mass is 359 g/mol. The van der Waals surface area contributed by atoms with Crippen LogP contribution in [0.4, 0.5) is 0 Å². The highest BCUT2D eigenvalue weighted by Gasteiger charge is 2.39. The number of aromatic nitrogens is 5. The Morgan fingerprint density at radius 3 is 2.92 bits per heavy atom. The molecule has 4 rings (SSSR count). The van der Waals surface area contributed by atoms with Crippen molar-refractivity contribution in [2.45, 2.75) is 38.3 Å². The third-order valence-corrected chi connectivity index (χ3v) is 5.27. The van der Waals surface area contributed by atoms with Gasteiger partial charge in [-0.25, -0.2) is 9.67 Å². The first-order chi connectivity index (χ1) is 12.7. The number of likely N-dealkylation sites (tertiary alicyclic amines) is 1. The Bertz CT molecular complexity index is 746. The Balaban J connectivity index is 1.27. The van der Waals surface area contributed by atoms with Crippen molar-refractivity contribution in [2.24, 2.45) is 11.8 Å². The molecule has 1 aliphatic carbocycles. The van der Waals surface area contributed by atoms with Gasteiger partial charge in [0.05, 0.1) is 12.6 Å².